The smallest absolute Gasteiger partial charge is 0.244 e. The Labute approximate surface area is 177 Å². The fourth-order valence-corrected chi connectivity index (χ4v) is 3.46. The summed E-state index contributed by atoms with van der Waals surface area (Å²) < 4.78 is 5.72. The average molecular weight is 423 g/mol. The number of fused-ring (bicyclic) bond motifs is 1. The summed E-state index contributed by atoms with van der Waals surface area (Å²) in [7, 11) is 0. The van der Waals surface area contributed by atoms with Gasteiger partial charge in [-0.05, 0) is 46.7 Å². The molecule has 0 spiro atoms. The van der Waals surface area contributed by atoms with Gasteiger partial charge >= 0.3 is 0 Å². The van der Waals surface area contributed by atoms with Crippen molar-refractivity contribution in [2.24, 2.45) is 5.10 Å². The van der Waals surface area contributed by atoms with Crippen LogP contribution in [0.1, 0.15) is 11.3 Å². The summed E-state index contributed by atoms with van der Waals surface area (Å²) in [5, 5.41) is 7.25. The van der Waals surface area contributed by atoms with Crippen LogP contribution in [-0.2, 0) is 11.2 Å². The summed E-state index contributed by atoms with van der Waals surface area (Å²) in [4.78, 5) is 12.3. The molecule has 1 heterocycles. The van der Waals surface area contributed by atoms with Crippen LogP contribution in [0, 0.1) is 0 Å². The van der Waals surface area contributed by atoms with E-state index in [2.05, 4.69) is 10.5 Å². The fraction of sp³-hybridized carbons (Fsp3) is 0.0435. The number of furan rings is 1. The Balaban J connectivity index is 1.42. The molecule has 0 saturated heterocycles. The SMILES string of the molecule is O=C(Cc1cccc2ccccc12)NN=Cc1ccc(-c2cc(Cl)ccc2Cl)o1. The molecule has 0 bridgehead atoms. The summed E-state index contributed by atoms with van der Waals surface area (Å²) in [5.41, 5.74) is 4.18. The van der Waals surface area contributed by atoms with Crippen molar-refractivity contribution in [1.29, 1.82) is 0 Å². The zero-order valence-electron chi connectivity index (χ0n) is 15.2. The lowest BCUT2D eigenvalue weighted by atomic mass is 10.0. The first-order valence-electron chi connectivity index (χ1n) is 8.94. The van der Waals surface area contributed by atoms with Crippen LogP contribution in [0.2, 0.25) is 10.0 Å². The third-order valence-electron chi connectivity index (χ3n) is 4.43. The first-order chi connectivity index (χ1) is 14.1. The second-order valence-electron chi connectivity index (χ2n) is 6.43. The van der Waals surface area contributed by atoms with Crippen molar-refractivity contribution in [3.8, 4) is 11.3 Å². The zero-order valence-corrected chi connectivity index (χ0v) is 16.7. The molecule has 0 aliphatic carbocycles. The van der Waals surface area contributed by atoms with E-state index in [1.165, 1.54) is 6.21 Å². The highest BCUT2D eigenvalue weighted by molar-refractivity contribution is 6.35. The minimum atomic E-state index is -0.206. The molecule has 0 radical (unpaired) electrons. The highest BCUT2D eigenvalue weighted by atomic mass is 35.5. The van der Waals surface area contributed by atoms with Gasteiger partial charge < -0.3 is 4.42 Å². The Kier molecular flexibility index (Phi) is 5.65. The number of nitrogens with one attached hydrogen (secondary N) is 1. The van der Waals surface area contributed by atoms with E-state index < -0.39 is 0 Å². The Morgan fingerprint density at radius 1 is 1.00 bits per heavy atom. The van der Waals surface area contributed by atoms with Crippen LogP contribution in [-0.4, -0.2) is 12.1 Å². The molecule has 4 aromatic rings. The summed E-state index contributed by atoms with van der Waals surface area (Å²) in [5.74, 6) is 0.852. The first-order valence-corrected chi connectivity index (χ1v) is 9.69. The molecule has 3 aromatic carbocycles. The Bertz CT molecular complexity index is 1210. The number of benzene rings is 3. The number of carbonyl (C=O) groups excluding carboxylic acids is 1. The maximum atomic E-state index is 12.3. The molecule has 1 N–H and O–H groups in total. The standard InChI is InChI=1S/C23H16Cl2N2O2/c24-17-8-10-21(25)20(13-17)22-11-9-18(29-22)14-26-27-23(28)12-16-6-3-5-15-4-1-2-7-19(15)16/h1-11,13-14H,12H2,(H,27,28). The number of hydrogen-bond acceptors (Lipinski definition) is 3. The van der Waals surface area contributed by atoms with Gasteiger partial charge in [0.05, 0.1) is 17.7 Å². The maximum Gasteiger partial charge on any atom is 0.244 e. The zero-order chi connectivity index (χ0) is 20.2. The number of amides is 1. The lowest BCUT2D eigenvalue weighted by molar-refractivity contribution is -0.120. The maximum absolute atomic E-state index is 12.3. The van der Waals surface area contributed by atoms with Crippen molar-refractivity contribution in [2.45, 2.75) is 6.42 Å². The van der Waals surface area contributed by atoms with Crippen LogP contribution in [0.4, 0.5) is 0 Å². The van der Waals surface area contributed by atoms with Gasteiger partial charge in [0.25, 0.3) is 0 Å². The number of hydrogen-bond donors (Lipinski definition) is 1. The molecule has 0 unspecified atom stereocenters. The summed E-state index contributed by atoms with van der Waals surface area (Å²) >= 11 is 12.2. The van der Waals surface area contributed by atoms with Crippen molar-refractivity contribution < 1.29 is 9.21 Å². The van der Waals surface area contributed by atoms with Crippen LogP contribution < -0.4 is 5.43 Å². The van der Waals surface area contributed by atoms with Crippen molar-refractivity contribution in [1.82, 2.24) is 5.43 Å². The molecule has 0 fully saturated rings. The van der Waals surface area contributed by atoms with Gasteiger partial charge in [0.1, 0.15) is 11.5 Å². The first kappa shape index (κ1) is 19.2. The molecule has 0 aliphatic heterocycles. The molecule has 6 heteroatoms. The van der Waals surface area contributed by atoms with Crippen molar-refractivity contribution in [2.75, 3.05) is 0 Å². The predicted molar refractivity (Wildman–Crippen MR) is 118 cm³/mol. The number of nitrogens with zero attached hydrogens (tertiary/aromatic N) is 1. The van der Waals surface area contributed by atoms with Crippen LogP contribution in [0.5, 0.6) is 0 Å². The van der Waals surface area contributed by atoms with Gasteiger partial charge in [0.2, 0.25) is 5.91 Å². The van der Waals surface area contributed by atoms with Gasteiger partial charge in [-0.25, -0.2) is 5.43 Å². The second-order valence-corrected chi connectivity index (χ2v) is 7.28. The molecular weight excluding hydrogens is 407 g/mol. The van der Waals surface area contributed by atoms with Gasteiger partial charge in [0.15, 0.2) is 0 Å². The largest absolute Gasteiger partial charge is 0.455 e. The van der Waals surface area contributed by atoms with E-state index in [1.807, 2.05) is 42.5 Å². The monoisotopic (exact) mass is 422 g/mol. The number of hydrazone groups is 1. The number of halogens is 2. The predicted octanol–water partition coefficient (Wildman–Crippen LogP) is 6.10. The molecule has 0 saturated carbocycles. The molecule has 4 nitrogen and oxygen atoms in total. The molecule has 1 amide bonds. The van der Waals surface area contributed by atoms with Crippen molar-refractivity contribution >= 4 is 46.1 Å². The fourth-order valence-electron chi connectivity index (χ4n) is 3.08. The van der Waals surface area contributed by atoms with E-state index in [4.69, 9.17) is 27.6 Å². The Morgan fingerprint density at radius 2 is 1.83 bits per heavy atom. The van der Waals surface area contributed by atoms with Crippen molar-refractivity contribution in [3.05, 3.63) is 94.2 Å². The average Bonchev–Trinajstić information content (AvgIpc) is 3.19. The van der Waals surface area contributed by atoms with E-state index in [9.17, 15) is 4.79 Å². The van der Waals surface area contributed by atoms with Gasteiger partial charge in [-0.1, -0.05) is 65.7 Å². The van der Waals surface area contributed by atoms with Gasteiger partial charge in [-0.3, -0.25) is 4.79 Å². The molecule has 4 rings (SSSR count). The van der Waals surface area contributed by atoms with Crippen LogP contribution in [0.15, 0.2) is 82.3 Å². The molecule has 29 heavy (non-hydrogen) atoms. The number of rotatable bonds is 5. The third kappa shape index (κ3) is 4.50. The van der Waals surface area contributed by atoms with E-state index in [-0.39, 0.29) is 12.3 Å². The molecular formula is C23H16Cl2N2O2. The van der Waals surface area contributed by atoms with Gasteiger partial charge in [0, 0.05) is 10.6 Å². The normalized spacial score (nSPS) is 11.2. The van der Waals surface area contributed by atoms with E-state index in [0.29, 0.717) is 27.1 Å². The lowest BCUT2D eigenvalue weighted by Gasteiger charge is -2.05. The highest BCUT2D eigenvalue weighted by Gasteiger charge is 2.09. The second kappa shape index (κ2) is 8.52. The third-order valence-corrected chi connectivity index (χ3v) is 5.00. The van der Waals surface area contributed by atoms with Crippen LogP contribution in [0.25, 0.3) is 22.1 Å². The quantitative estimate of drug-likeness (QED) is 0.312. The molecule has 0 aliphatic rings. The summed E-state index contributed by atoms with van der Waals surface area (Å²) in [6.07, 6.45) is 1.68. The van der Waals surface area contributed by atoms with Crippen LogP contribution >= 0.6 is 23.2 Å². The molecule has 144 valence electrons. The highest BCUT2D eigenvalue weighted by Crippen LogP contribution is 2.31. The minimum absolute atomic E-state index is 0.206. The minimum Gasteiger partial charge on any atom is -0.455 e. The molecule has 1 aromatic heterocycles. The topological polar surface area (TPSA) is 54.6 Å². The number of carbonyl (C=O) groups is 1. The Hall–Kier alpha value is -3.08. The van der Waals surface area contributed by atoms with Crippen molar-refractivity contribution in [3.63, 3.8) is 0 Å². The Morgan fingerprint density at radius 3 is 2.72 bits per heavy atom. The van der Waals surface area contributed by atoms with E-state index in [1.54, 1.807) is 30.3 Å². The summed E-state index contributed by atoms with van der Waals surface area (Å²) in [6.45, 7) is 0. The lowest BCUT2D eigenvalue weighted by Crippen LogP contribution is -2.19. The summed E-state index contributed by atoms with van der Waals surface area (Å²) in [6, 6.07) is 22.6. The van der Waals surface area contributed by atoms with Crippen LogP contribution in [0.3, 0.4) is 0 Å². The van der Waals surface area contributed by atoms with Gasteiger partial charge in [-0.2, -0.15) is 5.10 Å². The van der Waals surface area contributed by atoms with E-state index >= 15 is 0 Å². The molecule has 0 atom stereocenters. The van der Waals surface area contributed by atoms with E-state index in [0.717, 1.165) is 16.3 Å². The van der Waals surface area contributed by atoms with Gasteiger partial charge in [-0.15, -0.1) is 0 Å².